The minimum atomic E-state index is -0.321. The van der Waals surface area contributed by atoms with Gasteiger partial charge in [0.15, 0.2) is 0 Å². The van der Waals surface area contributed by atoms with E-state index in [-0.39, 0.29) is 17.2 Å². The maximum atomic E-state index is 12.4. The number of aromatic nitrogens is 2. The van der Waals surface area contributed by atoms with Crippen molar-refractivity contribution in [2.75, 3.05) is 56.2 Å². The first kappa shape index (κ1) is 26.7. The van der Waals surface area contributed by atoms with Crippen molar-refractivity contribution in [3.8, 4) is 0 Å². The molecule has 1 aromatic heterocycles. The number of methoxy groups -OCH3 is 1. The van der Waals surface area contributed by atoms with Gasteiger partial charge in [-0.2, -0.15) is 0 Å². The molecule has 206 valence electrons. The van der Waals surface area contributed by atoms with Gasteiger partial charge in [-0.05, 0) is 68.1 Å². The van der Waals surface area contributed by atoms with Crippen LogP contribution in [-0.2, 0) is 31.7 Å². The van der Waals surface area contributed by atoms with Crippen LogP contribution in [0.1, 0.15) is 34.3 Å². The first-order valence-electron chi connectivity index (χ1n) is 13.7. The molecule has 0 radical (unpaired) electrons. The van der Waals surface area contributed by atoms with E-state index < -0.39 is 0 Å². The van der Waals surface area contributed by atoms with Gasteiger partial charge in [-0.1, -0.05) is 24.3 Å². The summed E-state index contributed by atoms with van der Waals surface area (Å²) >= 11 is 0. The van der Waals surface area contributed by atoms with E-state index in [0.29, 0.717) is 11.4 Å². The number of aryl methyl sites for hydroxylation is 2. The summed E-state index contributed by atoms with van der Waals surface area (Å²) in [5.74, 6) is 0.363. The van der Waals surface area contributed by atoms with Crippen LogP contribution in [0.2, 0.25) is 0 Å². The van der Waals surface area contributed by atoms with Crippen LogP contribution in [0.25, 0.3) is 0 Å². The molecule has 9 heteroatoms. The van der Waals surface area contributed by atoms with E-state index in [9.17, 15) is 14.4 Å². The lowest BCUT2D eigenvalue weighted by molar-refractivity contribution is 0.0600. The van der Waals surface area contributed by atoms with E-state index in [4.69, 9.17) is 4.74 Å². The number of esters is 1. The fourth-order valence-corrected chi connectivity index (χ4v) is 5.80. The Labute approximate surface area is 228 Å². The zero-order valence-corrected chi connectivity index (χ0v) is 23.1. The van der Waals surface area contributed by atoms with Crippen molar-refractivity contribution in [1.82, 2.24) is 14.0 Å². The lowest BCUT2D eigenvalue weighted by Crippen LogP contribution is -2.41. The fourth-order valence-electron chi connectivity index (χ4n) is 5.80. The number of fused-ring (bicyclic) bond motifs is 2. The molecule has 2 aromatic carbocycles. The van der Waals surface area contributed by atoms with Gasteiger partial charge in [0.05, 0.1) is 12.7 Å². The Morgan fingerprint density at radius 1 is 0.846 bits per heavy atom. The van der Waals surface area contributed by atoms with Crippen LogP contribution in [0.15, 0.2) is 58.1 Å². The van der Waals surface area contributed by atoms with Gasteiger partial charge in [-0.25, -0.2) is 9.59 Å². The van der Waals surface area contributed by atoms with E-state index in [1.807, 2.05) is 12.1 Å². The third-order valence-electron chi connectivity index (χ3n) is 8.01. The number of rotatable bonds is 6. The molecule has 2 aliphatic heterocycles. The molecule has 0 atom stereocenters. The molecular weight excluding hydrogens is 494 g/mol. The molecule has 39 heavy (non-hydrogen) atoms. The van der Waals surface area contributed by atoms with Gasteiger partial charge in [0.25, 0.3) is 5.56 Å². The second-order valence-corrected chi connectivity index (χ2v) is 10.4. The molecule has 0 bridgehead atoms. The topological polar surface area (TPSA) is 80.0 Å². The highest BCUT2D eigenvalue weighted by Gasteiger charge is 2.23. The number of para-hydroxylation sites is 1. The maximum Gasteiger partial charge on any atom is 0.337 e. The Balaban J connectivity index is 1.30. The highest BCUT2D eigenvalue weighted by atomic mass is 16.5. The predicted molar refractivity (Wildman–Crippen MR) is 153 cm³/mol. The van der Waals surface area contributed by atoms with Crippen LogP contribution in [0.3, 0.4) is 0 Å². The third-order valence-corrected chi connectivity index (χ3v) is 8.01. The zero-order chi connectivity index (χ0) is 27.5. The van der Waals surface area contributed by atoms with Crippen molar-refractivity contribution in [2.45, 2.75) is 25.7 Å². The van der Waals surface area contributed by atoms with Gasteiger partial charge in [0, 0.05) is 57.7 Å². The summed E-state index contributed by atoms with van der Waals surface area (Å²) in [5.41, 5.74) is 4.83. The van der Waals surface area contributed by atoms with Crippen molar-refractivity contribution >= 4 is 23.2 Å². The van der Waals surface area contributed by atoms with Crippen molar-refractivity contribution in [3.05, 3.63) is 86.1 Å². The fraction of sp³-hybridized carbons (Fsp3) is 0.433. The van der Waals surface area contributed by atoms with Crippen molar-refractivity contribution in [1.29, 1.82) is 0 Å². The van der Waals surface area contributed by atoms with E-state index in [2.05, 4.69) is 45.0 Å². The third kappa shape index (κ3) is 5.49. The molecule has 0 unspecified atom stereocenters. The normalized spacial score (nSPS) is 15.8. The molecule has 0 amide bonds. The maximum absolute atomic E-state index is 12.4. The summed E-state index contributed by atoms with van der Waals surface area (Å²) in [6.07, 6.45) is 3.81. The molecule has 1 saturated heterocycles. The Morgan fingerprint density at radius 3 is 2.41 bits per heavy atom. The Kier molecular flexibility index (Phi) is 7.88. The van der Waals surface area contributed by atoms with E-state index in [0.717, 1.165) is 75.2 Å². The van der Waals surface area contributed by atoms with Crippen molar-refractivity contribution in [2.24, 2.45) is 14.1 Å². The Morgan fingerprint density at radius 2 is 1.62 bits per heavy atom. The van der Waals surface area contributed by atoms with Crippen molar-refractivity contribution < 1.29 is 9.53 Å². The van der Waals surface area contributed by atoms with Crippen LogP contribution >= 0.6 is 0 Å². The number of carbonyl (C=O) groups is 1. The predicted octanol–water partition coefficient (Wildman–Crippen LogP) is 2.71. The average Bonchev–Trinajstić information content (AvgIpc) is 3.28. The van der Waals surface area contributed by atoms with E-state index >= 15 is 0 Å². The molecule has 3 heterocycles. The quantitative estimate of drug-likeness (QED) is 0.453. The summed E-state index contributed by atoms with van der Waals surface area (Å²) in [7, 11) is 4.65. The van der Waals surface area contributed by atoms with Gasteiger partial charge in [0.1, 0.15) is 5.82 Å². The number of hydrogen-bond acceptors (Lipinski definition) is 7. The molecule has 2 aliphatic rings. The molecule has 0 aliphatic carbocycles. The highest BCUT2D eigenvalue weighted by Crippen LogP contribution is 2.36. The minimum Gasteiger partial charge on any atom is -0.465 e. The van der Waals surface area contributed by atoms with Crippen LogP contribution in [0.4, 0.5) is 17.2 Å². The smallest absolute Gasteiger partial charge is 0.337 e. The summed E-state index contributed by atoms with van der Waals surface area (Å²) in [4.78, 5) is 44.0. The largest absolute Gasteiger partial charge is 0.465 e. The number of anilines is 3. The Hall–Kier alpha value is -3.85. The lowest BCUT2D eigenvalue weighted by atomic mass is 10.0. The molecule has 9 nitrogen and oxygen atoms in total. The lowest BCUT2D eigenvalue weighted by Gasteiger charge is -2.29. The van der Waals surface area contributed by atoms with E-state index in [1.54, 1.807) is 17.7 Å². The molecular formula is C30H37N5O4. The summed E-state index contributed by atoms with van der Waals surface area (Å²) in [6.45, 7) is 5.17. The second-order valence-electron chi connectivity index (χ2n) is 10.4. The Bertz CT molecular complexity index is 1480. The monoisotopic (exact) mass is 531 g/mol. The zero-order valence-electron chi connectivity index (χ0n) is 23.1. The molecule has 0 spiro atoms. The molecule has 0 N–H and O–H groups in total. The summed E-state index contributed by atoms with van der Waals surface area (Å²) in [5, 5.41) is 0. The minimum absolute atomic E-state index is 0.275. The van der Waals surface area contributed by atoms with Gasteiger partial charge in [-0.3, -0.25) is 13.9 Å². The first-order valence-corrected chi connectivity index (χ1v) is 13.7. The average molecular weight is 532 g/mol. The second kappa shape index (κ2) is 11.5. The van der Waals surface area contributed by atoms with Crippen LogP contribution in [-0.4, -0.2) is 66.4 Å². The number of ether oxygens (including phenoxy) is 1. The molecule has 0 saturated carbocycles. The van der Waals surface area contributed by atoms with Crippen molar-refractivity contribution in [3.63, 3.8) is 0 Å². The van der Waals surface area contributed by atoms with Gasteiger partial charge < -0.3 is 19.4 Å². The van der Waals surface area contributed by atoms with Gasteiger partial charge in [0.2, 0.25) is 0 Å². The highest BCUT2D eigenvalue weighted by molar-refractivity contribution is 5.91. The molecule has 1 fully saturated rings. The SMILES string of the molecule is COC(=O)c1ccc2c(c1)N(CCCN1CCCN(c3cc(=O)n(C)c(=O)n3C)CC1)c1ccccc1CC2. The van der Waals surface area contributed by atoms with Crippen LogP contribution in [0, 0.1) is 0 Å². The summed E-state index contributed by atoms with van der Waals surface area (Å²) in [6, 6.07) is 16.0. The summed E-state index contributed by atoms with van der Waals surface area (Å²) < 4.78 is 7.70. The van der Waals surface area contributed by atoms with Gasteiger partial charge >= 0.3 is 11.7 Å². The van der Waals surface area contributed by atoms with Crippen LogP contribution in [0.5, 0.6) is 0 Å². The standard InChI is InChI=1S/C30H37N5O4/c1-31-27(21-28(36)32(2)30(31)38)34-16-6-14-33(18-19-34)15-7-17-35-25-9-5-4-8-22(25)10-11-23-12-13-24(20-26(23)35)29(37)39-3/h4-5,8-9,12-13,20-21H,6-7,10-11,14-19H2,1-3H3. The van der Waals surface area contributed by atoms with Crippen LogP contribution < -0.4 is 21.0 Å². The number of hydrogen-bond donors (Lipinski definition) is 0. The number of nitrogens with zero attached hydrogens (tertiary/aromatic N) is 5. The molecule has 5 rings (SSSR count). The number of benzene rings is 2. The number of carbonyl (C=O) groups excluding carboxylic acids is 1. The van der Waals surface area contributed by atoms with E-state index in [1.165, 1.54) is 31.0 Å². The first-order chi connectivity index (χ1) is 18.9. The van der Waals surface area contributed by atoms with Gasteiger partial charge in [-0.15, -0.1) is 0 Å². The molecule has 3 aromatic rings.